The Labute approximate surface area is 205 Å². The number of aliphatic hydroxyl groups excluding tert-OH is 1. The largest absolute Gasteiger partial charge is 0.472 e. The smallest absolute Gasteiger partial charge is 0.386 e. The summed E-state index contributed by atoms with van der Waals surface area (Å²) >= 11 is 3.94. The highest BCUT2D eigenvalue weighted by molar-refractivity contribution is 8.44. The second-order valence-corrected chi connectivity index (χ2v) is 12.5. The van der Waals surface area contributed by atoms with Crippen LogP contribution in [0.5, 0.6) is 0 Å². The molecule has 2 N–H and O–H groups in total. The maximum atomic E-state index is 14.2. The van der Waals surface area contributed by atoms with E-state index in [1.807, 2.05) is 0 Å². The highest BCUT2D eigenvalue weighted by Gasteiger charge is 2.51. The lowest BCUT2D eigenvalue weighted by Crippen LogP contribution is -2.38. The van der Waals surface area contributed by atoms with Crippen LogP contribution in [-0.2, 0) is 36.7 Å². The number of ether oxygens (including phenoxy) is 2. The Morgan fingerprint density at radius 2 is 1.83 bits per heavy atom. The molecule has 20 heteroatoms. The van der Waals surface area contributed by atoms with Crippen LogP contribution in [-0.4, -0.2) is 95.6 Å². The van der Waals surface area contributed by atoms with Crippen molar-refractivity contribution in [3.63, 3.8) is 0 Å². The van der Waals surface area contributed by atoms with E-state index in [9.17, 15) is 23.5 Å². The van der Waals surface area contributed by atoms with E-state index in [1.54, 1.807) is 0 Å². The van der Waals surface area contributed by atoms with Gasteiger partial charge in [0.2, 0.25) is 0 Å². The second-order valence-electron chi connectivity index (χ2n) is 8.21. The van der Waals surface area contributed by atoms with E-state index in [2.05, 4.69) is 32.3 Å². The number of imidazole rings is 1. The molecule has 36 heavy (non-hydrogen) atoms. The van der Waals surface area contributed by atoms with Gasteiger partial charge in [-0.1, -0.05) is 12.2 Å². The van der Waals surface area contributed by atoms with Crippen LogP contribution in [0.15, 0.2) is 19.0 Å². The van der Waals surface area contributed by atoms with Crippen molar-refractivity contribution in [1.82, 2.24) is 29.1 Å². The quantitative estimate of drug-likeness (QED) is 0.270. The first-order valence-corrected chi connectivity index (χ1v) is 14.7. The van der Waals surface area contributed by atoms with E-state index in [4.69, 9.17) is 27.6 Å². The van der Waals surface area contributed by atoms with E-state index >= 15 is 0 Å². The zero-order valence-corrected chi connectivity index (χ0v) is 20.6. The Morgan fingerprint density at radius 1 is 1.03 bits per heavy atom. The number of thiol groups is 1. The van der Waals surface area contributed by atoms with Crippen LogP contribution < -0.4 is 0 Å². The van der Waals surface area contributed by atoms with E-state index in [0.29, 0.717) is 11.2 Å². The van der Waals surface area contributed by atoms with Gasteiger partial charge in [-0.25, -0.2) is 33.0 Å². The number of hydrogen-bond acceptors (Lipinski definition) is 13. The van der Waals surface area contributed by atoms with Gasteiger partial charge in [0.25, 0.3) is 0 Å². The lowest BCUT2D eigenvalue weighted by atomic mass is 10.1. The number of hydrogen-bond donors (Lipinski definition) is 3. The number of aliphatic hydroxyl groups is 1. The van der Waals surface area contributed by atoms with Crippen molar-refractivity contribution in [1.29, 1.82) is 0 Å². The molecule has 3 aromatic rings. The first kappa shape index (κ1) is 24.8. The minimum Gasteiger partial charge on any atom is -0.386 e. The zero-order valence-electron chi connectivity index (χ0n) is 18.0. The number of rotatable bonds is 1. The number of halogens is 1. The summed E-state index contributed by atoms with van der Waals surface area (Å²) in [6.45, 7) is -5.80. The third-order valence-electron chi connectivity index (χ3n) is 5.93. The molecule has 0 amide bonds. The summed E-state index contributed by atoms with van der Waals surface area (Å²) in [5.41, 5.74) is 1.04. The second kappa shape index (κ2) is 9.03. The minimum absolute atomic E-state index is 0.276. The molecule has 3 aromatic heterocycles. The van der Waals surface area contributed by atoms with Crippen LogP contribution in [0.1, 0.15) is 6.23 Å². The number of phosphoric acid groups is 1. The van der Waals surface area contributed by atoms with Gasteiger partial charge in [-0.05, 0) is 0 Å². The molecule has 9 atom stereocenters. The van der Waals surface area contributed by atoms with Crippen LogP contribution in [0.25, 0.3) is 16.8 Å². The monoisotopic (exact) mass is 568 g/mol. The molecule has 0 radical (unpaired) electrons. The van der Waals surface area contributed by atoms with Gasteiger partial charge in [0, 0.05) is 0 Å². The molecular formula is C16H19FN6O10P2S. The Balaban J connectivity index is 1.32. The van der Waals surface area contributed by atoms with Crippen LogP contribution in [0.3, 0.4) is 0 Å². The average Bonchev–Trinajstić information content (AvgIpc) is 3.58. The van der Waals surface area contributed by atoms with E-state index in [0.717, 1.165) is 0 Å². The summed E-state index contributed by atoms with van der Waals surface area (Å²) in [5, 5.41) is 15.1. The molecule has 6 rings (SSSR count). The predicted molar refractivity (Wildman–Crippen MR) is 117 cm³/mol. The van der Waals surface area contributed by atoms with Crippen molar-refractivity contribution in [3.05, 3.63) is 19.0 Å². The van der Waals surface area contributed by atoms with Crippen molar-refractivity contribution in [2.45, 2.75) is 42.9 Å². The summed E-state index contributed by atoms with van der Waals surface area (Å²) in [6.07, 6.45) is -5.79. The topological polar surface area (TPSA) is 191 Å². The van der Waals surface area contributed by atoms with Crippen LogP contribution in [0.4, 0.5) is 4.39 Å². The van der Waals surface area contributed by atoms with Crippen molar-refractivity contribution < 1.29 is 51.1 Å². The molecule has 0 spiro atoms. The lowest BCUT2D eigenvalue weighted by molar-refractivity contribution is -0.0572. The average molecular weight is 568 g/mol. The van der Waals surface area contributed by atoms with Gasteiger partial charge < -0.3 is 19.5 Å². The van der Waals surface area contributed by atoms with E-state index in [-0.39, 0.29) is 5.65 Å². The third-order valence-corrected chi connectivity index (χ3v) is 8.53. The number of nitrogens with zero attached hydrogens (tertiary/aromatic N) is 6. The molecule has 3 fully saturated rings. The normalized spacial score (nSPS) is 42.2. The molecule has 0 bridgehead atoms. The fourth-order valence-electron chi connectivity index (χ4n) is 4.27. The summed E-state index contributed by atoms with van der Waals surface area (Å²) < 4.78 is 74.2. The summed E-state index contributed by atoms with van der Waals surface area (Å²) in [5.74, 6) is 0. The SMILES string of the molecule is O=P1(O)OC[C@H]2O[C@@H](n3cnc4c3ncn3ncnc43)[C@H](O)[C@@H]2OP(=O)(S)OC[C@H]2OC[C@H](F)[C@@H]2O1. The molecule has 2 unspecified atom stereocenters. The van der Waals surface area contributed by atoms with Crippen molar-refractivity contribution in [3.8, 4) is 0 Å². The predicted octanol–water partition coefficient (Wildman–Crippen LogP) is 0.425. The molecule has 0 saturated carbocycles. The van der Waals surface area contributed by atoms with Gasteiger partial charge >= 0.3 is 14.6 Å². The Bertz CT molecular complexity index is 1390. The van der Waals surface area contributed by atoms with Crippen molar-refractivity contribution in [2.75, 3.05) is 19.8 Å². The highest BCUT2D eigenvalue weighted by atomic mass is 32.7. The molecule has 16 nitrogen and oxygen atoms in total. The highest BCUT2D eigenvalue weighted by Crippen LogP contribution is 2.57. The van der Waals surface area contributed by atoms with Gasteiger partial charge in [-0.3, -0.25) is 22.7 Å². The fraction of sp³-hybridized carbons (Fsp3) is 0.625. The fourth-order valence-corrected chi connectivity index (χ4v) is 6.73. The molecule has 3 aliphatic rings. The Kier molecular flexibility index (Phi) is 6.21. The van der Waals surface area contributed by atoms with Gasteiger partial charge in [-0.15, -0.1) is 0 Å². The van der Waals surface area contributed by atoms with Crippen LogP contribution in [0.2, 0.25) is 0 Å². The molecule has 6 heterocycles. The Hall–Kier alpha value is -1.56. The van der Waals surface area contributed by atoms with E-state index < -0.39 is 77.4 Å². The first-order chi connectivity index (χ1) is 17.1. The molecular weight excluding hydrogens is 549 g/mol. The maximum absolute atomic E-state index is 14.2. The molecule has 196 valence electrons. The summed E-state index contributed by atoms with van der Waals surface area (Å²) in [7, 11) is -4.82. The number of phosphoric ester groups is 1. The van der Waals surface area contributed by atoms with Crippen LogP contribution >= 0.6 is 26.9 Å². The number of fused-ring (bicyclic) bond motifs is 5. The molecule has 0 aliphatic carbocycles. The lowest BCUT2D eigenvalue weighted by Gasteiger charge is -2.28. The molecule has 3 saturated heterocycles. The number of alkyl halides is 1. The number of aromatic nitrogens is 6. The minimum atomic E-state index is -4.82. The Morgan fingerprint density at radius 3 is 2.67 bits per heavy atom. The van der Waals surface area contributed by atoms with Crippen molar-refractivity contribution >= 4 is 43.7 Å². The maximum Gasteiger partial charge on any atom is 0.472 e. The molecule has 3 aliphatic heterocycles. The standard InChI is InChI=1S/C16H19FN6O10P2S/c17-7-1-28-8-2-30-35(27,36)33-13-9(3-29-34(25,26)32-12(7)8)31-16(11(13)24)22-5-19-10-14(22)20-6-23-15(10)18-4-21-23/h4-9,11-13,16,24H,1-3H2,(H,25,26)(H,27,36)/t7-,8+,9+,11+,12-,13+,16+,35?/m0/s1. The van der Waals surface area contributed by atoms with Crippen LogP contribution in [0, 0.1) is 0 Å². The summed E-state index contributed by atoms with van der Waals surface area (Å²) in [4.78, 5) is 22.8. The van der Waals surface area contributed by atoms with Crippen molar-refractivity contribution in [2.24, 2.45) is 0 Å². The van der Waals surface area contributed by atoms with Gasteiger partial charge in [-0.2, -0.15) is 5.10 Å². The van der Waals surface area contributed by atoms with Gasteiger partial charge in [0.1, 0.15) is 43.2 Å². The van der Waals surface area contributed by atoms with Gasteiger partial charge in [0.05, 0.1) is 26.1 Å². The zero-order chi connectivity index (χ0) is 25.2. The van der Waals surface area contributed by atoms with E-state index in [1.165, 1.54) is 28.1 Å². The summed E-state index contributed by atoms with van der Waals surface area (Å²) in [6, 6.07) is 0. The first-order valence-electron chi connectivity index (χ1n) is 10.5. The third kappa shape index (κ3) is 4.39. The van der Waals surface area contributed by atoms with Gasteiger partial charge in [0.15, 0.2) is 29.2 Å². The molecule has 0 aromatic carbocycles.